The van der Waals surface area contributed by atoms with Gasteiger partial charge in [0.05, 0.1) is 0 Å². The highest BCUT2D eigenvalue weighted by molar-refractivity contribution is 6.35. The van der Waals surface area contributed by atoms with Gasteiger partial charge in [0.25, 0.3) is 5.91 Å². The van der Waals surface area contributed by atoms with Gasteiger partial charge in [0.1, 0.15) is 5.69 Å². The summed E-state index contributed by atoms with van der Waals surface area (Å²) in [7, 11) is 3.92. The average molecular weight is 381 g/mol. The molecule has 2 N–H and O–H groups in total. The largest absolute Gasteiger partial charge is 0.385 e. The summed E-state index contributed by atoms with van der Waals surface area (Å²) in [5.41, 5.74) is 2.26. The number of pyridine rings is 1. The lowest BCUT2D eigenvalue weighted by Crippen LogP contribution is -2.31. The minimum atomic E-state index is -0.175. The SMILES string of the molecule is CN(C)CCNC(=O)c1cc(NCCc2ccc(Cl)cc2Cl)ccn1. The smallest absolute Gasteiger partial charge is 0.269 e. The zero-order chi connectivity index (χ0) is 18.2. The minimum absolute atomic E-state index is 0.175. The Hall–Kier alpha value is -1.82. The van der Waals surface area contributed by atoms with E-state index in [0.717, 1.165) is 24.2 Å². The van der Waals surface area contributed by atoms with Crippen LogP contribution in [0.15, 0.2) is 36.5 Å². The first-order chi connectivity index (χ1) is 12.0. The molecule has 0 bridgehead atoms. The van der Waals surface area contributed by atoms with Crippen molar-refractivity contribution in [2.45, 2.75) is 6.42 Å². The van der Waals surface area contributed by atoms with Crippen LogP contribution in [0.4, 0.5) is 5.69 Å². The fourth-order valence-corrected chi connectivity index (χ4v) is 2.72. The molecule has 0 radical (unpaired) electrons. The Labute approximate surface area is 158 Å². The van der Waals surface area contributed by atoms with Crippen molar-refractivity contribution in [3.8, 4) is 0 Å². The molecular formula is C18H22Cl2N4O. The Kier molecular flexibility index (Phi) is 7.50. The lowest BCUT2D eigenvalue weighted by molar-refractivity contribution is 0.0946. The first-order valence-corrected chi connectivity index (χ1v) is 8.78. The Morgan fingerprint density at radius 3 is 2.68 bits per heavy atom. The summed E-state index contributed by atoms with van der Waals surface area (Å²) in [5.74, 6) is -0.175. The van der Waals surface area contributed by atoms with Crippen molar-refractivity contribution in [3.63, 3.8) is 0 Å². The molecule has 1 amide bonds. The van der Waals surface area contributed by atoms with Crippen molar-refractivity contribution < 1.29 is 4.79 Å². The molecule has 5 nitrogen and oxygen atoms in total. The first-order valence-electron chi connectivity index (χ1n) is 8.02. The number of hydrogen-bond acceptors (Lipinski definition) is 4. The van der Waals surface area contributed by atoms with Crippen LogP contribution < -0.4 is 10.6 Å². The maximum atomic E-state index is 12.1. The molecule has 0 saturated carbocycles. The standard InChI is InChI=1S/C18H22Cl2N4O/c1-24(2)10-9-23-18(25)17-12-15(6-8-22-17)21-7-5-13-3-4-14(19)11-16(13)20/h3-4,6,8,11-12H,5,7,9-10H2,1-2H3,(H,21,22)(H,23,25). The third-order valence-electron chi connectivity index (χ3n) is 3.58. The molecule has 134 valence electrons. The van der Waals surface area contributed by atoms with Crippen LogP contribution in [0, 0.1) is 0 Å². The number of hydrogen-bond donors (Lipinski definition) is 2. The summed E-state index contributed by atoms with van der Waals surface area (Å²) in [6, 6.07) is 9.06. The lowest BCUT2D eigenvalue weighted by atomic mass is 10.1. The minimum Gasteiger partial charge on any atom is -0.385 e. The number of rotatable bonds is 8. The van der Waals surface area contributed by atoms with Gasteiger partial charge < -0.3 is 15.5 Å². The second-order valence-electron chi connectivity index (χ2n) is 5.90. The van der Waals surface area contributed by atoms with Crippen LogP contribution in [-0.4, -0.2) is 49.5 Å². The summed E-state index contributed by atoms with van der Waals surface area (Å²) in [4.78, 5) is 18.2. The number of anilines is 1. The van der Waals surface area contributed by atoms with Crippen LogP contribution >= 0.6 is 23.2 Å². The summed E-state index contributed by atoms with van der Waals surface area (Å²) < 4.78 is 0. The number of carbonyl (C=O) groups excluding carboxylic acids is 1. The molecule has 0 aliphatic heterocycles. The van der Waals surface area contributed by atoms with Gasteiger partial charge in [-0.1, -0.05) is 29.3 Å². The topological polar surface area (TPSA) is 57.3 Å². The van der Waals surface area contributed by atoms with Gasteiger partial charge >= 0.3 is 0 Å². The predicted molar refractivity (Wildman–Crippen MR) is 104 cm³/mol. The maximum Gasteiger partial charge on any atom is 0.269 e. The number of nitrogens with zero attached hydrogens (tertiary/aromatic N) is 2. The summed E-state index contributed by atoms with van der Waals surface area (Å²) in [6.07, 6.45) is 2.38. The Morgan fingerprint density at radius 1 is 1.16 bits per heavy atom. The molecule has 25 heavy (non-hydrogen) atoms. The van der Waals surface area contributed by atoms with Crippen LogP contribution in [0.5, 0.6) is 0 Å². The van der Waals surface area contributed by atoms with E-state index >= 15 is 0 Å². The molecular weight excluding hydrogens is 359 g/mol. The molecule has 0 atom stereocenters. The van der Waals surface area contributed by atoms with Crippen molar-refractivity contribution in [2.24, 2.45) is 0 Å². The van der Waals surface area contributed by atoms with Gasteiger partial charge in [-0.25, -0.2) is 0 Å². The van der Waals surface area contributed by atoms with E-state index in [4.69, 9.17) is 23.2 Å². The lowest BCUT2D eigenvalue weighted by Gasteiger charge is -2.11. The van der Waals surface area contributed by atoms with E-state index in [2.05, 4.69) is 15.6 Å². The number of amides is 1. The Balaban J connectivity index is 1.87. The molecule has 0 aliphatic rings. The molecule has 0 fully saturated rings. The zero-order valence-electron chi connectivity index (χ0n) is 14.4. The number of nitrogens with one attached hydrogen (secondary N) is 2. The third kappa shape index (κ3) is 6.53. The average Bonchev–Trinajstić information content (AvgIpc) is 2.57. The molecule has 0 saturated heterocycles. The Morgan fingerprint density at radius 2 is 1.96 bits per heavy atom. The van der Waals surface area contributed by atoms with E-state index in [1.807, 2.05) is 37.2 Å². The summed E-state index contributed by atoms with van der Waals surface area (Å²) in [5, 5.41) is 7.42. The van der Waals surface area contributed by atoms with Gasteiger partial charge in [-0.2, -0.15) is 0 Å². The van der Waals surface area contributed by atoms with E-state index in [1.54, 1.807) is 18.3 Å². The van der Waals surface area contributed by atoms with Crippen LogP contribution in [0.25, 0.3) is 0 Å². The first kappa shape index (κ1) is 19.5. The van der Waals surface area contributed by atoms with Gasteiger partial charge in [-0.05, 0) is 50.3 Å². The van der Waals surface area contributed by atoms with Crippen molar-refractivity contribution in [1.29, 1.82) is 0 Å². The molecule has 1 aromatic carbocycles. The number of halogens is 2. The van der Waals surface area contributed by atoms with Crippen LogP contribution in [0.1, 0.15) is 16.1 Å². The maximum absolute atomic E-state index is 12.1. The van der Waals surface area contributed by atoms with Gasteiger partial charge in [0.15, 0.2) is 0 Å². The second kappa shape index (κ2) is 9.61. The highest BCUT2D eigenvalue weighted by Gasteiger charge is 2.08. The van der Waals surface area contributed by atoms with Gasteiger partial charge in [-0.3, -0.25) is 9.78 Å². The number of likely N-dealkylation sites (N-methyl/N-ethyl adjacent to an activating group) is 1. The van der Waals surface area contributed by atoms with Gasteiger partial charge in [-0.15, -0.1) is 0 Å². The highest BCUT2D eigenvalue weighted by atomic mass is 35.5. The fourth-order valence-electron chi connectivity index (χ4n) is 2.21. The number of aromatic nitrogens is 1. The summed E-state index contributed by atoms with van der Waals surface area (Å²) >= 11 is 12.1. The molecule has 0 unspecified atom stereocenters. The number of benzene rings is 1. The van der Waals surface area contributed by atoms with E-state index in [1.165, 1.54) is 0 Å². The molecule has 1 aromatic heterocycles. The van der Waals surface area contributed by atoms with E-state index in [-0.39, 0.29) is 5.91 Å². The van der Waals surface area contributed by atoms with Gasteiger partial charge in [0, 0.05) is 41.6 Å². The predicted octanol–water partition coefficient (Wildman–Crippen LogP) is 3.33. The normalized spacial score (nSPS) is 10.8. The quantitative estimate of drug-likeness (QED) is 0.737. The van der Waals surface area contributed by atoms with Crippen LogP contribution in [-0.2, 0) is 6.42 Å². The van der Waals surface area contributed by atoms with E-state index < -0.39 is 0 Å². The van der Waals surface area contributed by atoms with Crippen molar-refractivity contribution >= 4 is 34.8 Å². The van der Waals surface area contributed by atoms with Crippen LogP contribution in [0.2, 0.25) is 10.0 Å². The second-order valence-corrected chi connectivity index (χ2v) is 6.75. The van der Waals surface area contributed by atoms with Crippen molar-refractivity contribution in [1.82, 2.24) is 15.2 Å². The van der Waals surface area contributed by atoms with Crippen molar-refractivity contribution in [2.75, 3.05) is 39.0 Å². The molecule has 2 rings (SSSR count). The molecule has 2 aromatic rings. The molecule has 0 spiro atoms. The number of carbonyl (C=O) groups is 1. The van der Waals surface area contributed by atoms with Crippen LogP contribution in [0.3, 0.4) is 0 Å². The third-order valence-corrected chi connectivity index (χ3v) is 4.16. The molecule has 1 heterocycles. The van der Waals surface area contributed by atoms with Crippen molar-refractivity contribution in [3.05, 3.63) is 57.8 Å². The zero-order valence-corrected chi connectivity index (χ0v) is 15.9. The molecule has 7 heteroatoms. The fraction of sp³-hybridized carbons (Fsp3) is 0.333. The Bertz CT molecular complexity index is 722. The highest BCUT2D eigenvalue weighted by Crippen LogP contribution is 2.21. The van der Waals surface area contributed by atoms with E-state index in [9.17, 15) is 4.79 Å². The van der Waals surface area contributed by atoms with Gasteiger partial charge in [0.2, 0.25) is 0 Å². The van der Waals surface area contributed by atoms with E-state index in [0.29, 0.717) is 28.8 Å². The monoisotopic (exact) mass is 380 g/mol. The molecule has 0 aliphatic carbocycles. The summed E-state index contributed by atoms with van der Waals surface area (Å²) in [6.45, 7) is 2.05.